The Hall–Kier alpha value is -2.78. The molecule has 0 heterocycles. The third kappa shape index (κ3) is 624. The molecule has 0 aromatic rings. The summed E-state index contributed by atoms with van der Waals surface area (Å²) in [4.78, 5) is 27.1. The van der Waals surface area contributed by atoms with Crippen molar-refractivity contribution in [2.24, 2.45) is 0 Å². The molecular formula is C10H19FO9. The summed E-state index contributed by atoms with van der Waals surface area (Å²) in [5.41, 5.74) is 0. The molecule has 0 unspecified atom stereocenters. The quantitative estimate of drug-likeness (QED) is 0.422. The fourth-order valence-electron chi connectivity index (χ4n) is 0.177. The fourth-order valence-corrected chi connectivity index (χ4v) is 0.177. The Labute approximate surface area is 115 Å². The maximum atomic E-state index is 10.1. The van der Waals surface area contributed by atoms with E-state index < -0.39 is 18.5 Å². The highest BCUT2D eigenvalue weighted by molar-refractivity contribution is 5.59. The van der Waals surface area contributed by atoms with Crippen LogP contribution in [0.25, 0.3) is 0 Å². The molecule has 9 nitrogen and oxygen atoms in total. The molecule has 0 amide bonds. The van der Waals surface area contributed by atoms with E-state index in [0.717, 1.165) is 0 Å². The predicted octanol–water partition coefficient (Wildman–Crippen LogP) is 3.14. The molecule has 0 aliphatic heterocycles. The second-order valence-electron chi connectivity index (χ2n) is 1.61. The zero-order valence-corrected chi connectivity index (χ0v) is 11.1. The Balaban J connectivity index is -0.0000000505. The van der Waals surface area contributed by atoms with Crippen LogP contribution in [0.15, 0.2) is 26.1 Å². The van der Waals surface area contributed by atoms with Gasteiger partial charge in [-0.3, -0.25) is 0 Å². The highest BCUT2D eigenvalue weighted by Crippen LogP contribution is 1.77. The summed E-state index contributed by atoms with van der Waals surface area (Å²) >= 11 is 0. The maximum Gasteiger partial charge on any atom is 0.507 e. The van der Waals surface area contributed by atoms with E-state index in [0.29, 0.717) is 6.61 Å². The molecule has 20 heavy (non-hydrogen) atoms. The smallest absolute Gasteiger partial charge is 0.450 e. The molecule has 0 saturated carbocycles. The summed E-state index contributed by atoms with van der Waals surface area (Å²) < 4.78 is 18.5. The zero-order chi connectivity index (χ0) is 17.6. The van der Waals surface area contributed by atoms with Crippen molar-refractivity contribution in [1.29, 1.82) is 0 Å². The third-order valence-corrected chi connectivity index (χ3v) is 0.429. The minimum absolute atomic E-state index is 0.250. The van der Waals surface area contributed by atoms with Gasteiger partial charge in [-0.05, 0) is 6.92 Å². The number of hydrogen-bond acceptors (Lipinski definition) is 5. The van der Waals surface area contributed by atoms with Gasteiger partial charge in [-0.25, -0.2) is 18.8 Å². The maximum absolute atomic E-state index is 10.1. The van der Waals surface area contributed by atoms with E-state index in [9.17, 15) is 9.18 Å². The predicted molar refractivity (Wildman–Crippen MR) is 67.9 cm³/mol. The Morgan fingerprint density at radius 3 is 1.35 bits per heavy atom. The van der Waals surface area contributed by atoms with Crippen molar-refractivity contribution in [1.82, 2.24) is 0 Å². The summed E-state index contributed by atoms with van der Waals surface area (Å²) in [7, 11) is 1.28. The molecule has 0 atom stereocenters. The molecular weight excluding hydrogens is 283 g/mol. The van der Waals surface area contributed by atoms with Gasteiger partial charge in [0, 0.05) is 0 Å². The van der Waals surface area contributed by atoms with Crippen molar-refractivity contribution in [2.75, 3.05) is 13.7 Å². The number of carbonyl (C=O) groups excluding carboxylic acids is 1. The van der Waals surface area contributed by atoms with E-state index in [2.05, 4.69) is 29.2 Å². The van der Waals surface area contributed by atoms with Gasteiger partial charge in [-0.1, -0.05) is 6.58 Å². The Kier molecular flexibility index (Phi) is 54.6. The van der Waals surface area contributed by atoms with Crippen LogP contribution < -0.4 is 0 Å². The van der Waals surface area contributed by atoms with Crippen molar-refractivity contribution in [3.63, 3.8) is 0 Å². The first-order valence-electron chi connectivity index (χ1n) is 4.45. The van der Waals surface area contributed by atoms with Crippen LogP contribution in [0.5, 0.6) is 0 Å². The normalized spacial score (nSPS) is 5.95. The number of halogens is 1. The monoisotopic (exact) mass is 302 g/mol. The number of hydrogen-bond donors (Lipinski definition) is 4. The molecule has 4 N–H and O–H groups in total. The van der Waals surface area contributed by atoms with Gasteiger partial charge in [0.1, 0.15) is 0 Å². The van der Waals surface area contributed by atoms with Crippen LogP contribution in [-0.4, -0.2) is 52.6 Å². The molecule has 0 spiro atoms. The zero-order valence-electron chi connectivity index (χ0n) is 11.1. The number of carbonyl (C=O) groups is 3. The molecule has 0 bridgehead atoms. The van der Waals surface area contributed by atoms with Crippen molar-refractivity contribution in [3.8, 4) is 0 Å². The van der Waals surface area contributed by atoms with Crippen LogP contribution in [-0.2, 0) is 9.47 Å². The first-order chi connectivity index (χ1) is 9.19. The first kappa shape index (κ1) is 30.3. The van der Waals surface area contributed by atoms with Gasteiger partial charge >= 0.3 is 18.5 Å². The molecule has 0 aliphatic rings. The Bertz CT molecular complexity index is 223. The van der Waals surface area contributed by atoms with E-state index in [-0.39, 0.29) is 6.33 Å². The van der Waals surface area contributed by atoms with Crippen LogP contribution in [0.1, 0.15) is 6.92 Å². The molecule has 0 aromatic heterocycles. The lowest BCUT2D eigenvalue weighted by Gasteiger charge is -1.94. The van der Waals surface area contributed by atoms with E-state index >= 15 is 0 Å². The lowest BCUT2D eigenvalue weighted by atomic mass is 10.9. The Morgan fingerprint density at radius 1 is 1.10 bits per heavy atom. The van der Waals surface area contributed by atoms with E-state index in [1.165, 1.54) is 7.11 Å². The molecule has 10 heteroatoms. The fraction of sp³-hybridized carbons (Fsp3) is 0.300. The SMILES string of the molecule is C=C.C=CF.CCOC(=O)OC.O=C(O)O.O=C(O)O. The molecule has 0 aliphatic carbocycles. The number of rotatable bonds is 1. The van der Waals surface area contributed by atoms with Crippen molar-refractivity contribution in [2.45, 2.75) is 6.92 Å². The molecule has 0 rings (SSSR count). The van der Waals surface area contributed by atoms with Crippen LogP contribution in [0, 0.1) is 0 Å². The van der Waals surface area contributed by atoms with E-state index in [4.69, 9.17) is 30.0 Å². The first-order valence-corrected chi connectivity index (χ1v) is 4.45. The van der Waals surface area contributed by atoms with E-state index in [1.807, 2.05) is 0 Å². The molecule has 0 aromatic carbocycles. The van der Waals surface area contributed by atoms with Gasteiger partial charge in [0.2, 0.25) is 0 Å². The van der Waals surface area contributed by atoms with Gasteiger partial charge in [-0.15, -0.1) is 13.2 Å². The molecule has 120 valence electrons. The average Bonchev–Trinajstić information content (AvgIpc) is 2.31. The second kappa shape index (κ2) is 36.0. The van der Waals surface area contributed by atoms with Crippen LogP contribution in [0.2, 0.25) is 0 Å². The van der Waals surface area contributed by atoms with Gasteiger partial charge in [0.15, 0.2) is 0 Å². The number of methoxy groups -OCH3 is 1. The van der Waals surface area contributed by atoms with Crippen LogP contribution in [0.4, 0.5) is 18.8 Å². The summed E-state index contributed by atoms with van der Waals surface area (Å²) in [6.45, 7) is 10.8. The Morgan fingerprint density at radius 2 is 1.30 bits per heavy atom. The van der Waals surface area contributed by atoms with E-state index in [1.54, 1.807) is 6.92 Å². The summed E-state index contributed by atoms with van der Waals surface area (Å²) in [5, 5.41) is 27.9. The average molecular weight is 302 g/mol. The summed E-state index contributed by atoms with van der Waals surface area (Å²) in [5.74, 6) is 0. The van der Waals surface area contributed by atoms with Crippen LogP contribution in [0.3, 0.4) is 0 Å². The largest absolute Gasteiger partial charge is 0.507 e. The topological polar surface area (TPSA) is 151 Å². The third-order valence-electron chi connectivity index (χ3n) is 0.429. The summed E-state index contributed by atoms with van der Waals surface area (Å²) in [6, 6.07) is 0. The van der Waals surface area contributed by atoms with Crippen molar-refractivity contribution in [3.05, 3.63) is 26.1 Å². The van der Waals surface area contributed by atoms with Crippen LogP contribution >= 0.6 is 0 Å². The number of ether oxygens (including phenoxy) is 2. The van der Waals surface area contributed by atoms with Gasteiger partial charge < -0.3 is 29.9 Å². The number of carboxylic acid groups (broad SMARTS) is 4. The lowest BCUT2D eigenvalue weighted by Crippen LogP contribution is -2.02. The standard InChI is InChI=1S/C4H8O3.C2H3F.C2H4.2CH2O3/c1-3-7-4(5)6-2;1-2-3;1-2;2*2-1(3)4/h3H2,1-2H3;2H,1H2;1-2H2;2*(H2,2,3,4). The van der Waals surface area contributed by atoms with Crippen molar-refractivity contribution < 1.29 is 48.7 Å². The molecule has 0 fully saturated rings. The van der Waals surface area contributed by atoms with Gasteiger partial charge in [0.05, 0.1) is 20.0 Å². The molecule has 0 radical (unpaired) electrons. The lowest BCUT2D eigenvalue weighted by molar-refractivity contribution is 0.0770. The highest BCUT2D eigenvalue weighted by Gasteiger charge is 1.92. The summed E-state index contributed by atoms with van der Waals surface area (Å²) in [6.07, 6.45) is -4.04. The van der Waals surface area contributed by atoms with Gasteiger partial charge in [-0.2, -0.15) is 0 Å². The van der Waals surface area contributed by atoms with Gasteiger partial charge in [0.25, 0.3) is 0 Å². The highest BCUT2D eigenvalue weighted by atomic mass is 19.1. The molecule has 0 saturated heterocycles. The second-order valence-corrected chi connectivity index (χ2v) is 1.61. The minimum atomic E-state index is -1.83. The van der Waals surface area contributed by atoms with Crippen molar-refractivity contribution >= 4 is 18.5 Å². The minimum Gasteiger partial charge on any atom is -0.450 e.